The van der Waals surface area contributed by atoms with E-state index in [9.17, 15) is 9.90 Å². The van der Waals surface area contributed by atoms with Crippen molar-refractivity contribution in [1.29, 1.82) is 0 Å². The molecule has 2 fully saturated rings. The van der Waals surface area contributed by atoms with Crippen molar-refractivity contribution >= 4 is 11.8 Å². The normalized spacial score (nSPS) is 26.3. The largest absolute Gasteiger partial charge is 0.478 e. The second-order valence-corrected chi connectivity index (χ2v) is 5.72. The minimum absolute atomic E-state index is 0.346. The van der Waals surface area contributed by atoms with Gasteiger partial charge in [-0.3, -0.25) is 0 Å². The first kappa shape index (κ1) is 12.5. The fourth-order valence-electron chi connectivity index (χ4n) is 3.65. The maximum Gasteiger partial charge on any atom is 0.339 e. The van der Waals surface area contributed by atoms with E-state index >= 15 is 0 Å². The first-order valence-corrected chi connectivity index (χ1v) is 7.14. The molecule has 4 nitrogen and oxygen atoms in total. The van der Waals surface area contributed by atoms with Gasteiger partial charge in [-0.05, 0) is 50.7 Å². The molecule has 0 aromatic carbocycles. The van der Waals surface area contributed by atoms with Gasteiger partial charge in [0.15, 0.2) is 0 Å². The summed E-state index contributed by atoms with van der Waals surface area (Å²) in [7, 11) is 0. The Morgan fingerprint density at radius 1 is 1.32 bits per heavy atom. The number of aromatic carboxylic acids is 1. The van der Waals surface area contributed by atoms with Crippen LogP contribution in [0, 0.1) is 12.8 Å². The van der Waals surface area contributed by atoms with Crippen LogP contribution in [0.5, 0.6) is 0 Å². The molecule has 1 saturated heterocycles. The third-order valence-electron chi connectivity index (χ3n) is 4.51. The first-order chi connectivity index (χ1) is 9.16. The Morgan fingerprint density at radius 3 is 2.89 bits per heavy atom. The Morgan fingerprint density at radius 2 is 2.11 bits per heavy atom. The van der Waals surface area contributed by atoms with Crippen LogP contribution in [0.4, 0.5) is 5.82 Å². The SMILES string of the molecule is Cc1ccc(C(=O)O)c(N2CCCC3CCCC32)n1. The second kappa shape index (κ2) is 4.83. The van der Waals surface area contributed by atoms with Gasteiger partial charge in [-0.15, -0.1) is 0 Å². The van der Waals surface area contributed by atoms with Crippen LogP contribution < -0.4 is 4.90 Å². The molecule has 2 aliphatic rings. The number of carboxylic acids is 1. The quantitative estimate of drug-likeness (QED) is 0.888. The number of aryl methyl sites for hydroxylation is 1. The number of hydrogen-bond donors (Lipinski definition) is 1. The van der Waals surface area contributed by atoms with Crippen LogP contribution in [0.25, 0.3) is 0 Å². The summed E-state index contributed by atoms with van der Waals surface area (Å²) >= 11 is 0. The van der Waals surface area contributed by atoms with E-state index < -0.39 is 5.97 Å². The number of fused-ring (bicyclic) bond motifs is 1. The van der Waals surface area contributed by atoms with Crippen LogP contribution in [0.2, 0.25) is 0 Å². The van der Waals surface area contributed by atoms with Gasteiger partial charge in [-0.1, -0.05) is 6.42 Å². The number of pyridine rings is 1. The summed E-state index contributed by atoms with van der Waals surface area (Å²) in [6, 6.07) is 3.97. The second-order valence-electron chi connectivity index (χ2n) is 5.72. The van der Waals surface area contributed by atoms with Crippen LogP contribution in [-0.2, 0) is 0 Å². The van der Waals surface area contributed by atoms with E-state index in [2.05, 4.69) is 9.88 Å². The van der Waals surface area contributed by atoms with Crippen molar-refractivity contribution in [2.45, 2.75) is 45.1 Å². The van der Waals surface area contributed by atoms with Gasteiger partial charge in [0, 0.05) is 18.3 Å². The molecule has 0 radical (unpaired) electrons. The molecule has 1 aromatic heterocycles. The van der Waals surface area contributed by atoms with Crippen molar-refractivity contribution in [3.05, 3.63) is 23.4 Å². The third-order valence-corrected chi connectivity index (χ3v) is 4.51. The number of aromatic nitrogens is 1. The number of carboxylic acid groups (broad SMARTS) is 1. The van der Waals surface area contributed by atoms with Crippen molar-refractivity contribution < 1.29 is 9.90 Å². The lowest BCUT2D eigenvalue weighted by Crippen LogP contribution is -2.43. The molecule has 19 heavy (non-hydrogen) atoms. The van der Waals surface area contributed by atoms with Crippen LogP contribution in [0.15, 0.2) is 12.1 Å². The highest BCUT2D eigenvalue weighted by Gasteiger charge is 2.36. The van der Waals surface area contributed by atoms with E-state index in [1.165, 1.54) is 25.7 Å². The number of rotatable bonds is 2. The fourth-order valence-corrected chi connectivity index (χ4v) is 3.65. The molecule has 0 amide bonds. The zero-order valence-electron chi connectivity index (χ0n) is 11.3. The zero-order chi connectivity index (χ0) is 13.4. The molecule has 2 unspecified atom stereocenters. The van der Waals surface area contributed by atoms with Gasteiger partial charge in [0.25, 0.3) is 0 Å². The summed E-state index contributed by atoms with van der Waals surface area (Å²) in [5.74, 6) is 0.546. The zero-order valence-corrected chi connectivity index (χ0v) is 11.3. The van der Waals surface area contributed by atoms with E-state index in [1.807, 2.05) is 6.92 Å². The minimum Gasteiger partial charge on any atom is -0.478 e. The highest BCUT2D eigenvalue weighted by molar-refractivity contribution is 5.93. The number of hydrogen-bond acceptors (Lipinski definition) is 3. The number of anilines is 1. The van der Waals surface area contributed by atoms with E-state index in [0.717, 1.165) is 24.6 Å². The molecule has 3 rings (SSSR count). The maximum atomic E-state index is 11.4. The summed E-state index contributed by atoms with van der Waals surface area (Å²) in [5, 5.41) is 9.36. The Labute approximate surface area is 113 Å². The topological polar surface area (TPSA) is 53.4 Å². The Balaban J connectivity index is 2.00. The van der Waals surface area contributed by atoms with Crippen molar-refractivity contribution in [2.24, 2.45) is 5.92 Å². The summed E-state index contributed by atoms with van der Waals surface area (Å²) in [4.78, 5) is 18.2. The van der Waals surface area contributed by atoms with Gasteiger partial charge >= 0.3 is 5.97 Å². The molecule has 1 N–H and O–H groups in total. The molecule has 0 bridgehead atoms. The van der Waals surface area contributed by atoms with E-state index in [-0.39, 0.29) is 0 Å². The molecule has 1 aromatic rings. The van der Waals surface area contributed by atoms with Crippen LogP contribution in [0.1, 0.15) is 48.2 Å². The lowest BCUT2D eigenvalue weighted by Gasteiger charge is -2.39. The average Bonchev–Trinajstić information content (AvgIpc) is 2.86. The van der Waals surface area contributed by atoms with Crippen molar-refractivity contribution in [2.75, 3.05) is 11.4 Å². The summed E-state index contributed by atoms with van der Waals surface area (Å²) in [6.07, 6.45) is 6.17. The lowest BCUT2D eigenvalue weighted by molar-refractivity contribution is 0.0697. The smallest absolute Gasteiger partial charge is 0.339 e. The molecular weight excluding hydrogens is 240 g/mol. The standard InChI is InChI=1S/C15H20N2O2/c1-10-7-8-12(15(18)19)14(16-10)17-9-3-5-11-4-2-6-13(11)17/h7-8,11,13H,2-6,9H2,1H3,(H,18,19). The number of piperidine rings is 1. The van der Waals surface area contributed by atoms with E-state index in [0.29, 0.717) is 17.4 Å². The van der Waals surface area contributed by atoms with E-state index in [4.69, 9.17) is 0 Å². The summed E-state index contributed by atoms with van der Waals surface area (Å²) in [6.45, 7) is 2.86. The highest BCUT2D eigenvalue weighted by atomic mass is 16.4. The Bertz CT molecular complexity index is 501. The average molecular weight is 260 g/mol. The molecule has 102 valence electrons. The van der Waals surface area contributed by atoms with Crippen molar-refractivity contribution in [1.82, 2.24) is 4.98 Å². The molecular formula is C15H20N2O2. The number of carbonyl (C=O) groups is 1. The first-order valence-electron chi connectivity index (χ1n) is 7.14. The van der Waals surface area contributed by atoms with Gasteiger partial charge in [0.2, 0.25) is 0 Å². The molecule has 2 heterocycles. The van der Waals surface area contributed by atoms with Crippen molar-refractivity contribution in [3.63, 3.8) is 0 Å². The summed E-state index contributed by atoms with van der Waals surface area (Å²) < 4.78 is 0. The van der Waals surface area contributed by atoms with Gasteiger partial charge in [0.05, 0.1) is 0 Å². The predicted octanol–water partition coefficient (Wildman–Crippen LogP) is 2.86. The molecule has 1 aliphatic heterocycles. The molecule has 4 heteroatoms. The van der Waals surface area contributed by atoms with Crippen LogP contribution in [0.3, 0.4) is 0 Å². The Kier molecular flexibility index (Phi) is 3.17. The molecule has 0 spiro atoms. The third kappa shape index (κ3) is 2.20. The van der Waals surface area contributed by atoms with Gasteiger partial charge in [-0.2, -0.15) is 0 Å². The summed E-state index contributed by atoms with van der Waals surface area (Å²) in [5.41, 5.74) is 1.23. The van der Waals surface area contributed by atoms with Gasteiger partial charge in [-0.25, -0.2) is 9.78 Å². The lowest BCUT2D eigenvalue weighted by atomic mass is 9.91. The maximum absolute atomic E-state index is 11.4. The van der Waals surface area contributed by atoms with Crippen LogP contribution >= 0.6 is 0 Å². The molecule has 1 saturated carbocycles. The molecule has 2 atom stereocenters. The van der Waals surface area contributed by atoms with Gasteiger partial charge in [0.1, 0.15) is 11.4 Å². The van der Waals surface area contributed by atoms with Crippen molar-refractivity contribution in [3.8, 4) is 0 Å². The monoisotopic (exact) mass is 260 g/mol. The van der Waals surface area contributed by atoms with E-state index in [1.54, 1.807) is 12.1 Å². The Hall–Kier alpha value is -1.58. The number of nitrogens with zero attached hydrogens (tertiary/aromatic N) is 2. The van der Waals surface area contributed by atoms with Gasteiger partial charge < -0.3 is 10.0 Å². The molecule has 1 aliphatic carbocycles. The van der Waals surface area contributed by atoms with Crippen LogP contribution in [-0.4, -0.2) is 28.6 Å². The highest BCUT2D eigenvalue weighted by Crippen LogP contribution is 2.39. The minimum atomic E-state index is -0.873. The fraction of sp³-hybridized carbons (Fsp3) is 0.600. The predicted molar refractivity (Wildman–Crippen MR) is 73.6 cm³/mol.